The Balaban J connectivity index is 2.15. The SMILES string of the molecule is COc1cc(Br)c(CSc2nnc(N)s2)cc1OC. The van der Waals surface area contributed by atoms with Crippen LogP contribution in [0.25, 0.3) is 0 Å². The van der Waals surface area contributed by atoms with E-state index in [1.54, 1.807) is 26.0 Å². The van der Waals surface area contributed by atoms with Crippen LogP contribution in [0.2, 0.25) is 0 Å². The van der Waals surface area contributed by atoms with E-state index in [1.807, 2.05) is 12.1 Å². The minimum absolute atomic E-state index is 0.480. The van der Waals surface area contributed by atoms with Gasteiger partial charge in [0.05, 0.1) is 14.2 Å². The molecule has 0 aliphatic rings. The number of ether oxygens (including phenoxy) is 2. The molecule has 0 fully saturated rings. The Bertz CT molecular complexity index is 577. The molecule has 5 nitrogen and oxygen atoms in total. The second-order valence-corrected chi connectivity index (χ2v) is 6.58. The molecule has 0 spiro atoms. The third kappa shape index (κ3) is 3.52. The second-order valence-electron chi connectivity index (χ2n) is 3.49. The molecule has 8 heteroatoms. The number of benzene rings is 1. The summed E-state index contributed by atoms with van der Waals surface area (Å²) >= 11 is 6.48. The molecule has 1 aromatic carbocycles. The summed E-state index contributed by atoms with van der Waals surface area (Å²) in [5, 5.41) is 8.23. The van der Waals surface area contributed by atoms with Crippen molar-refractivity contribution in [1.29, 1.82) is 0 Å². The van der Waals surface area contributed by atoms with Crippen LogP contribution < -0.4 is 15.2 Å². The summed E-state index contributed by atoms with van der Waals surface area (Å²) < 4.78 is 12.3. The summed E-state index contributed by atoms with van der Waals surface area (Å²) in [7, 11) is 3.23. The zero-order valence-corrected chi connectivity index (χ0v) is 13.6. The zero-order valence-electron chi connectivity index (χ0n) is 10.3. The van der Waals surface area contributed by atoms with Crippen molar-refractivity contribution in [3.63, 3.8) is 0 Å². The Labute approximate surface area is 127 Å². The van der Waals surface area contributed by atoms with E-state index in [2.05, 4.69) is 26.1 Å². The molecule has 0 unspecified atom stereocenters. The van der Waals surface area contributed by atoms with Gasteiger partial charge < -0.3 is 15.2 Å². The monoisotopic (exact) mass is 361 g/mol. The fraction of sp³-hybridized carbons (Fsp3) is 0.273. The summed E-state index contributed by atoms with van der Waals surface area (Å²) in [6.07, 6.45) is 0. The first-order valence-corrected chi connectivity index (χ1v) is 7.85. The molecule has 0 bridgehead atoms. The van der Waals surface area contributed by atoms with Crippen molar-refractivity contribution in [2.24, 2.45) is 0 Å². The minimum atomic E-state index is 0.480. The van der Waals surface area contributed by atoms with Gasteiger partial charge in [0.25, 0.3) is 0 Å². The van der Waals surface area contributed by atoms with Gasteiger partial charge in [0.15, 0.2) is 15.8 Å². The van der Waals surface area contributed by atoms with Crippen LogP contribution in [0.4, 0.5) is 5.13 Å². The van der Waals surface area contributed by atoms with Crippen molar-refractivity contribution in [1.82, 2.24) is 10.2 Å². The van der Waals surface area contributed by atoms with E-state index < -0.39 is 0 Å². The number of nitrogen functional groups attached to an aromatic ring is 1. The van der Waals surface area contributed by atoms with Crippen LogP contribution in [-0.2, 0) is 5.75 Å². The number of nitrogens with two attached hydrogens (primary N) is 1. The smallest absolute Gasteiger partial charge is 0.203 e. The largest absolute Gasteiger partial charge is 0.493 e. The lowest BCUT2D eigenvalue weighted by atomic mass is 10.2. The molecular weight excluding hydrogens is 350 g/mol. The Morgan fingerprint density at radius 1 is 1.26 bits per heavy atom. The van der Waals surface area contributed by atoms with E-state index in [1.165, 1.54) is 11.3 Å². The van der Waals surface area contributed by atoms with Gasteiger partial charge in [-0.1, -0.05) is 39.0 Å². The first-order chi connectivity index (χ1) is 9.13. The quantitative estimate of drug-likeness (QED) is 0.824. The third-order valence-corrected chi connectivity index (χ3v) is 5.00. The van der Waals surface area contributed by atoms with Gasteiger partial charge in [-0.25, -0.2) is 0 Å². The van der Waals surface area contributed by atoms with E-state index in [-0.39, 0.29) is 0 Å². The average molecular weight is 362 g/mol. The summed E-state index contributed by atoms with van der Waals surface area (Å²) in [5.41, 5.74) is 6.64. The number of anilines is 1. The Morgan fingerprint density at radius 3 is 2.53 bits per heavy atom. The summed E-state index contributed by atoms with van der Waals surface area (Å²) in [6, 6.07) is 3.84. The molecule has 0 saturated carbocycles. The van der Waals surface area contributed by atoms with E-state index >= 15 is 0 Å². The second kappa shape index (κ2) is 6.44. The van der Waals surface area contributed by atoms with Gasteiger partial charge in [0.1, 0.15) is 0 Å². The van der Waals surface area contributed by atoms with Crippen molar-refractivity contribution >= 4 is 44.2 Å². The molecule has 0 atom stereocenters. The predicted octanol–water partition coefficient (Wildman–Crippen LogP) is 3.19. The molecule has 1 heterocycles. The molecule has 0 aliphatic heterocycles. The Hall–Kier alpha value is -0.990. The highest BCUT2D eigenvalue weighted by molar-refractivity contribution is 9.10. The minimum Gasteiger partial charge on any atom is -0.493 e. The molecule has 2 aromatic rings. The number of methoxy groups -OCH3 is 2. The van der Waals surface area contributed by atoms with E-state index in [0.717, 1.165) is 20.1 Å². The Morgan fingerprint density at radius 2 is 1.95 bits per heavy atom. The lowest BCUT2D eigenvalue weighted by Crippen LogP contribution is -1.93. The van der Waals surface area contributed by atoms with Gasteiger partial charge >= 0.3 is 0 Å². The normalized spacial score (nSPS) is 10.5. The number of hydrogen-bond donors (Lipinski definition) is 1. The molecule has 19 heavy (non-hydrogen) atoms. The molecule has 102 valence electrons. The van der Waals surface area contributed by atoms with Crippen LogP contribution in [-0.4, -0.2) is 24.4 Å². The molecular formula is C11H12BrN3O2S2. The number of nitrogens with zero attached hydrogens (tertiary/aromatic N) is 2. The van der Waals surface area contributed by atoms with Gasteiger partial charge in [-0.05, 0) is 17.7 Å². The standard InChI is InChI=1S/C11H12BrN3O2S2/c1-16-8-3-6(7(12)4-9(8)17-2)5-18-11-15-14-10(13)19-11/h3-4H,5H2,1-2H3,(H2,13,14). The van der Waals surface area contributed by atoms with Crippen LogP contribution >= 0.6 is 39.0 Å². The highest BCUT2D eigenvalue weighted by Gasteiger charge is 2.11. The number of halogens is 1. The van der Waals surface area contributed by atoms with Crippen LogP contribution in [0.5, 0.6) is 11.5 Å². The van der Waals surface area contributed by atoms with E-state index in [4.69, 9.17) is 15.2 Å². The average Bonchev–Trinajstić information content (AvgIpc) is 2.82. The molecule has 0 amide bonds. The fourth-order valence-electron chi connectivity index (χ4n) is 1.43. The van der Waals surface area contributed by atoms with Crippen molar-refractivity contribution in [3.05, 3.63) is 22.2 Å². The van der Waals surface area contributed by atoms with E-state index in [0.29, 0.717) is 16.6 Å². The van der Waals surface area contributed by atoms with Crippen molar-refractivity contribution in [3.8, 4) is 11.5 Å². The first kappa shape index (κ1) is 14.4. The molecule has 2 rings (SSSR count). The first-order valence-electron chi connectivity index (χ1n) is 5.26. The summed E-state index contributed by atoms with van der Waals surface area (Å²) in [5.74, 6) is 2.15. The number of hydrogen-bond acceptors (Lipinski definition) is 7. The summed E-state index contributed by atoms with van der Waals surface area (Å²) in [4.78, 5) is 0. The maximum Gasteiger partial charge on any atom is 0.203 e. The number of thioether (sulfide) groups is 1. The highest BCUT2D eigenvalue weighted by Crippen LogP contribution is 2.36. The van der Waals surface area contributed by atoms with Crippen LogP contribution in [0.3, 0.4) is 0 Å². The van der Waals surface area contributed by atoms with Gasteiger partial charge in [0.2, 0.25) is 5.13 Å². The molecule has 0 saturated heterocycles. The Kier molecular flexibility index (Phi) is 4.89. The van der Waals surface area contributed by atoms with Gasteiger partial charge in [-0.2, -0.15) is 0 Å². The zero-order chi connectivity index (χ0) is 13.8. The van der Waals surface area contributed by atoms with Crippen molar-refractivity contribution < 1.29 is 9.47 Å². The number of rotatable bonds is 5. The predicted molar refractivity (Wildman–Crippen MR) is 81.1 cm³/mol. The fourth-order valence-corrected chi connectivity index (χ4v) is 3.70. The molecule has 2 N–H and O–H groups in total. The van der Waals surface area contributed by atoms with Crippen molar-refractivity contribution in [2.75, 3.05) is 20.0 Å². The number of aromatic nitrogens is 2. The van der Waals surface area contributed by atoms with Crippen LogP contribution in [0.1, 0.15) is 5.56 Å². The van der Waals surface area contributed by atoms with Gasteiger partial charge in [-0.3, -0.25) is 0 Å². The third-order valence-electron chi connectivity index (χ3n) is 2.33. The maximum atomic E-state index is 5.55. The molecule has 0 aliphatic carbocycles. The van der Waals surface area contributed by atoms with Crippen molar-refractivity contribution in [2.45, 2.75) is 10.1 Å². The van der Waals surface area contributed by atoms with Crippen LogP contribution in [0.15, 0.2) is 20.9 Å². The van der Waals surface area contributed by atoms with Crippen LogP contribution in [0, 0.1) is 0 Å². The lowest BCUT2D eigenvalue weighted by Gasteiger charge is -2.11. The highest BCUT2D eigenvalue weighted by atomic mass is 79.9. The van der Waals surface area contributed by atoms with Gasteiger partial charge in [-0.15, -0.1) is 10.2 Å². The molecule has 0 radical (unpaired) electrons. The van der Waals surface area contributed by atoms with Gasteiger partial charge in [0, 0.05) is 10.2 Å². The summed E-state index contributed by atoms with van der Waals surface area (Å²) in [6.45, 7) is 0. The van der Waals surface area contributed by atoms with E-state index in [9.17, 15) is 0 Å². The maximum absolute atomic E-state index is 5.55. The molecule has 1 aromatic heterocycles. The lowest BCUT2D eigenvalue weighted by molar-refractivity contribution is 0.354. The topological polar surface area (TPSA) is 70.3 Å².